The second-order valence-electron chi connectivity index (χ2n) is 14.3. The molecular weight excluding hydrogens is 594 g/mol. The third-order valence-electron chi connectivity index (χ3n) is 8.22. The molecule has 250 valence electrons. The van der Waals surface area contributed by atoms with E-state index in [1.165, 1.54) is 0 Å². The van der Waals surface area contributed by atoms with E-state index in [0.717, 1.165) is 22.5 Å². The predicted octanol–water partition coefficient (Wildman–Crippen LogP) is 7.47. The Balaban J connectivity index is 1.28. The van der Waals surface area contributed by atoms with E-state index in [-0.39, 0.29) is 24.0 Å². The molecule has 0 N–H and O–H groups in total. The number of hydrogen-bond acceptors (Lipinski definition) is 6. The van der Waals surface area contributed by atoms with Gasteiger partial charge in [0.2, 0.25) is 0 Å². The summed E-state index contributed by atoms with van der Waals surface area (Å²) in [5, 5.41) is 0. The number of ether oxygens (including phenoxy) is 3. The molecule has 3 amide bonds. The number of urea groups is 1. The lowest BCUT2D eigenvalue weighted by molar-refractivity contribution is -0.161. The maximum Gasteiger partial charge on any atom is 0.410 e. The lowest BCUT2D eigenvalue weighted by Crippen LogP contribution is -2.38. The lowest BCUT2D eigenvalue weighted by Gasteiger charge is -2.28. The fourth-order valence-electron chi connectivity index (χ4n) is 6.03. The highest BCUT2D eigenvalue weighted by atomic mass is 16.6. The van der Waals surface area contributed by atoms with E-state index >= 15 is 0 Å². The minimum atomic E-state index is -0.643. The lowest BCUT2D eigenvalue weighted by atomic mass is 9.86. The summed E-state index contributed by atoms with van der Waals surface area (Å²) in [5.41, 5.74) is 2.31. The largest absolute Gasteiger partial charge is 0.489 e. The smallest absolute Gasteiger partial charge is 0.410 e. The fourth-order valence-corrected chi connectivity index (χ4v) is 6.03. The molecule has 47 heavy (non-hydrogen) atoms. The molecule has 2 heterocycles. The van der Waals surface area contributed by atoms with Crippen molar-refractivity contribution in [3.8, 4) is 5.75 Å². The molecule has 2 saturated heterocycles. The number of anilines is 2. The Morgan fingerprint density at radius 1 is 0.766 bits per heavy atom. The first kappa shape index (κ1) is 33.8. The van der Waals surface area contributed by atoms with E-state index in [1.807, 2.05) is 120 Å². The van der Waals surface area contributed by atoms with Crippen LogP contribution in [-0.4, -0.2) is 60.4 Å². The highest BCUT2D eigenvalue weighted by molar-refractivity contribution is 6.06. The van der Waals surface area contributed by atoms with Crippen molar-refractivity contribution in [1.29, 1.82) is 0 Å². The van der Waals surface area contributed by atoms with E-state index in [0.29, 0.717) is 51.4 Å². The number of carbonyl (C=O) groups excluding carboxylic acids is 3. The van der Waals surface area contributed by atoms with E-state index in [9.17, 15) is 14.4 Å². The molecule has 3 aromatic carbocycles. The van der Waals surface area contributed by atoms with Crippen LogP contribution in [0.2, 0.25) is 0 Å². The Bertz CT molecular complexity index is 1560. The van der Waals surface area contributed by atoms with Crippen LogP contribution in [0.3, 0.4) is 0 Å². The summed E-state index contributed by atoms with van der Waals surface area (Å²) >= 11 is 0. The molecule has 2 atom stereocenters. The van der Waals surface area contributed by atoms with Crippen molar-refractivity contribution in [2.75, 3.05) is 36.0 Å². The summed E-state index contributed by atoms with van der Waals surface area (Å²) in [6.45, 7) is 13.6. The topological polar surface area (TPSA) is 88.6 Å². The Labute approximate surface area is 278 Å². The first-order chi connectivity index (χ1) is 22.3. The van der Waals surface area contributed by atoms with Crippen LogP contribution in [0.4, 0.5) is 21.0 Å². The number of esters is 1. The Morgan fingerprint density at radius 2 is 1.38 bits per heavy atom. The molecule has 0 saturated carbocycles. The Kier molecular flexibility index (Phi) is 10.1. The highest BCUT2D eigenvalue weighted by Gasteiger charge is 2.39. The summed E-state index contributed by atoms with van der Waals surface area (Å²) in [5.74, 6) is -0.121. The molecule has 0 bridgehead atoms. The third kappa shape index (κ3) is 9.05. The predicted molar refractivity (Wildman–Crippen MR) is 183 cm³/mol. The van der Waals surface area contributed by atoms with Crippen LogP contribution in [0.1, 0.15) is 59.1 Å². The van der Waals surface area contributed by atoms with Crippen molar-refractivity contribution in [3.63, 3.8) is 0 Å². The molecule has 9 heteroatoms. The molecule has 0 spiro atoms. The molecule has 0 radical (unpaired) electrons. The average molecular weight is 642 g/mol. The van der Waals surface area contributed by atoms with Gasteiger partial charge in [-0.1, -0.05) is 48.5 Å². The molecule has 2 aliphatic heterocycles. The Morgan fingerprint density at radius 3 is 2.04 bits per heavy atom. The minimum absolute atomic E-state index is 0.0821. The van der Waals surface area contributed by atoms with Crippen LogP contribution in [0, 0.1) is 11.8 Å². The van der Waals surface area contributed by atoms with E-state index in [4.69, 9.17) is 14.2 Å². The van der Waals surface area contributed by atoms with Gasteiger partial charge in [-0.3, -0.25) is 14.6 Å². The molecule has 5 rings (SSSR count). The molecule has 0 aliphatic carbocycles. The van der Waals surface area contributed by atoms with Crippen LogP contribution in [0.5, 0.6) is 5.75 Å². The normalized spacial score (nSPS) is 17.5. The van der Waals surface area contributed by atoms with Gasteiger partial charge in [0, 0.05) is 43.6 Å². The molecule has 0 unspecified atom stereocenters. The summed E-state index contributed by atoms with van der Waals surface area (Å²) in [4.78, 5) is 45.3. The van der Waals surface area contributed by atoms with E-state index < -0.39 is 17.1 Å². The summed E-state index contributed by atoms with van der Waals surface area (Å²) in [6.07, 6.45) is 0.744. The SMILES string of the molecule is CC(C)(C)OC(=O)[C@@H](Cc1cccc(N2CCN(c3cccc(OCc4ccccc4)c3)C2=O)c1)[C@H]1CCN(C(=O)OC(C)(C)C)C1. The number of carbonyl (C=O) groups is 3. The quantitative estimate of drug-likeness (QED) is 0.225. The van der Waals surface area contributed by atoms with Gasteiger partial charge in [0.05, 0.1) is 5.92 Å². The first-order valence-corrected chi connectivity index (χ1v) is 16.4. The monoisotopic (exact) mass is 641 g/mol. The summed E-state index contributed by atoms with van der Waals surface area (Å²) in [6, 6.07) is 25.3. The summed E-state index contributed by atoms with van der Waals surface area (Å²) < 4.78 is 17.5. The van der Waals surface area contributed by atoms with Gasteiger partial charge in [-0.15, -0.1) is 0 Å². The maximum atomic E-state index is 13.7. The minimum Gasteiger partial charge on any atom is -0.489 e. The van der Waals surface area contributed by atoms with Crippen LogP contribution in [0.25, 0.3) is 0 Å². The zero-order chi connectivity index (χ0) is 33.8. The molecule has 2 aliphatic rings. The van der Waals surface area contributed by atoms with Crippen LogP contribution >= 0.6 is 0 Å². The van der Waals surface area contributed by atoms with Crippen LogP contribution < -0.4 is 14.5 Å². The van der Waals surface area contributed by atoms with Gasteiger partial charge >= 0.3 is 18.1 Å². The van der Waals surface area contributed by atoms with E-state index in [1.54, 1.807) is 14.7 Å². The molecular formula is C38H47N3O6. The van der Waals surface area contributed by atoms with Gasteiger partial charge in [-0.2, -0.15) is 0 Å². The van der Waals surface area contributed by atoms with Gasteiger partial charge in [0.25, 0.3) is 0 Å². The standard InChI is InChI=1S/C38H47N3O6/c1-37(2,3)46-34(42)33(29-18-19-39(25-29)36(44)47-38(4,5)6)23-28-14-10-15-30(22-28)40-20-21-41(35(40)43)31-16-11-17-32(24-31)45-26-27-12-8-7-9-13-27/h7-17,22,24,29,33H,18-21,23,25-26H2,1-6H3/t29-,33-/m0/s1. The number of likely N-dealkylation sites (tertiary alicyclic amines) is 1. The number of rotatable bonds is 9. The highest BCUT2D eigenvalue weighted by Crippen LogP contribution is 2.33. The number of nitrogens with zero attached hydrogens (tertiary/aromatic N) is 3. The van der Waals surface area contributed by atoms with Crippen LogP contribution in [0.15, 0.2) is 78.9 Å². The zero-order valence-corrected chi connectivity index (χ0v) is 28.4. The van der Waals surface area contributed by atoms with Crippen molar-refractivity contribution in [2.45, 2.75) is 72.2 Å². The van der Waals surface area contributed by atoms with Gasteiger partial charge in [-0.25, -0.2) is 9.59 Å². The van der Waals surface area contributed by atoms with Gasteiger partial charge in [0.1, 0.15) is 23.6 Å². The van der Waals surface area contributed by atoms with Crippen molar-refractivity contribution < 1.29 is 28.6 Å². The average Bonchev–Trinajstić information content (AvgIpc) is 3.65. The zero-order valence-electron chi connectivity index (χ0n) is 28.4. The second kappa shape index (κ2) is 14.1. The van der Waals surface area contributed by atoms with Crippen LogP contribution in [-0.2, 0) is 27.3 Å². The van der Waals surface area contributed by atoms with Gasteiger partial charge in [-0.05, 0) is 95.7 Å². The fraction of sp³-hybridized carbons (Fsp3) is 0.447. The van der Waals surface area contributed by atoms with E-state index in [2.05, 4.69) is 0 Å². The third-order valence-corrected chi connectivity index (χ3v) is 8.22. The van der Waals surface area contributed by atoms with Crippen molar-refractivity contribution >= 4 is 29.5 Å². The second-order valence-corrected chi connectivity index (χ2v) is 14.3. The number of benzene rings is 3. The number of hydrogen-bond donors (Lipinski definition) is 0. The molecule has 3 aromatic rings. The van der Waals surface area contributed by atoms with Gasteiger partial charge in [0.15, 0.2) is 0 Å². The molecule has 0 aromatic heterocycles. The Hall–Kier alpha value is -4.53. The maximum absolute atomic E-state index is 13.7. The molecule has 2 fully saturated rings. The first-order valence-electron chi connectivity index (χ1n) is 16.4. The number of amides is 3. The van der Waals surface area contributed by atoms with Crippen molar-refractivity contribution in [1.82, 2.24) is 4.90 Å². The summed E-state index contributed by atoms with van der Waals surface area (Å²) in [7, 11) is 0. The van der Waals surface area contributed by atoms with Crippen molar-refractivity contribution in [2.24, 2.45) is 11.8 Å². The van der Waals surface area contributed by atoms with Crippen molar-refractivity contribution in [3.05, 3.63) is 90.0 Å². The van der Waals surface area contributed by atoms with Gasteiger partial charge < -0.3 is 19.1 Å². The molecule has 9 nitrogen and oxygen atoms in total.